The van der Waals surface area contributed by atoms with E-state index in [1.807, 2.05) is 24.3 Å². The first-order valence-electron chi connectivity index (χ1n) is 10.7. The zero-order chi connectivity index (χ0) is 20.5. The molecule has 154 valence electrons. The fourth-order valence-electron chi connectivity index (χ4n) is 4.18. The van der Waals surface area contributed by atoms with Gasteiger partial charge in [-0.25, -0.2) is 14.4 Å². The first-order chi connectivity index (χ1) is 14.7. The molecular weight excluding hydrogens is 377 g/mol. The van der Waals surface area contributed by atoms with Crippen LogP contribution in [-0.4, -0.2) is 35.1 Å². The molecule has 1 fully saturated rings. The maximum atomic E-state index is 13.2. The minimum absolute atomic E-state index is 0.186. The summed E-state index contributed by atoms with van der Waals surface area (Å²) < 4.78 is 18.6. The second-order valence-corrected chi connectivity index (χ2v) is 8.26. The summed E-state index contributed by atoms with van der Waals surface area (Å²) >= 11 is 0. The Balaban J connectivity index is 1.43. The minimum atomic E-state index is -0.186. The molecule has 1 saturated carbocycles. The Hall–Kier alpha value is -2.79. The van der Waals surface area contributed by atoms with E-state index >= 15 is 0 Å². The molecule has 3 aromatic rings. The van der Waals surface area contributed by atoms with Gasteiger partial charge in [-0.15, -0.1) is 0 Å². The first kappa shape index (κ1) is 19.2. The Bertz CT molecular complexity index is 1030. The Kier molecular flexibility index (Phi) is 5.21. The molecule has 0 spiro atoms. The summed E-state index contributed by atoms with van der Waals surface area (Å²) in [4.78, 5) is 12.5. The molecule has 1 aliphatic carbocycles. The van der Waals surface area contributed by atoms with Crippen molar-refractivity contribution in [2.24, 2.45) is 0 Å². The minimum Gasteiger partial charge on any atom is -0.497 e. The van der Waals surface area contributed by atoms with E-state index in [9.17, 15) is 4.39 Å². The summed E-state index contributed by atoms with van der Waals surface area (Å²) in [6.45, 7) is 2.72. The Morgan fingerprint density at radius 3 is 2.40 bits per heavy atom. The number of aromatic nitrogens is 2. The largest absolute Gasteiger partial charge is 0.497 e. The molecule has 1 aliphatic heterocycles. The predicted molar refractivity (Wildman–Crippen MR) is 115 cm³/mol. The van der Waals surface area contributed by atoms with E-state index in [4.69, 9.17) is 14.7 Å². The lowest BCUT2D eigenvalue weighted by atomic mass is 10.0. The van der Waals surface area contributed by atoms with Crippen LogP contribution in [0, 0.1) is 5.82 Å². The molecule has 4 nitrogen and oxygen atoms in total. The number of ether oxygens (including phenoxy) is 1. The number of hydrogen-bond donors (Lipinski definition) is 0. The quantitative estimate of drug-likeness (QED) is 0.615. The van der Waals surface area contributed by atoms with Gasteiger partial charge in [0.25, 0.3) is 0 Å². The molecule has 0 N–H and O–H groups in total. The van der Waals surface area contributed by atoms with Gasteiger partial charge in [0.15, 0.2) is 0 Å². The van der Waals surface area contributed by atoms with Crippen molar-refractivity contribution in [3.8, 4) is 17.0 Å². The van der Waals surface area contributed by atoms with E-state index in [1.165, 1.54) is 36.2 Å². The summed E-state index contributed by atoms with van der Waals surface area (Å²) in [7, 11) is 1.69. The van der Waals surface area contributed by atoms with Crippen LogP contribution in [0.4, 0.5) is 4.39 Å². The second-order valence-electron chi connectivity index (χ2n) is 8.26. The van der Waals surface area contributed by atoms with Gasteiger partial charge in [0.1, 0.15) is 17.4 Å². The van der Waals surface area contributed by atoms with Crippen LogP contribution in [0.2, 0.25) is 0 Å². The highest BCUT2D eigenvalue weighted by Crippen LogP contribution is 2.40. The van der Waals surface area contributed by atoms with Crippen LogP contribution in [0.25, 0.3) is 11.3 Å². The summed E-state index contributed by atoms with van der Waals surface area (Å²) in [5.41, 5.74) is 5.81. The summed E-state index contributed by atoms with van der Waals surface area (Å²) in [5.74, 6) is 2.19. The monoisotopic (exact) mass is 403 g/mol. The molecule has 0 unspecified atom stereocenters. The lowest BCUT2D eigenvalue weighted by Gasteiger charge is -2.19. The molecule has 0 bridgehead atoms. The van der Waals surface area contributed by atoms with Crippen molar-refractivity contribution in [3.63, 3.8) is 0 Å². The van der Waals surface area contributed by atoms with Crippen molar-refractivity contribution in [2.45, 2.75) is 38.1 Å². The average molecular weight is 404 g/mol. The molecule has 30 heavy (non-hydrogen) atoms. The zero-order valence-electron chi connectivity index (χ0n) is 17.3. The van der Waals surface area contributed by atoms with Crippen LogP contribution in [0.15, 0.2) is 48.5 Å². The SMILES string of the molecule is COc1ccc(-c2nc(C3CC3)nc3c2CCN(Cc2ccc(F)cc2)CC3)cc1. The van der Waals surface area contributed by atoms with Crippen LogP contribution in [-0.2, 0) is 19.4 Å². The van der Waals surface area contributed by atoms with Gasteiger partial charge in [-0.1, -0.05) is 12.1 Å². The van der Waals surface area contributed by atoms with Gasteiger partial charge in [-0.2, -0.15) is 0 Å². The van der Waals surface area contributed by atoms with Crippen LogP contribution in [0.1, 0.15) is 41.4 Å². The third-order valence-electron chi connectivity index (χ3n) is 6.08. The van der Waals surface area contributed by atoms with Gasteiger partial charge in [0.2, 0.25) is 0 Å². The van der Waals surface area contributed by atoms with Gasteiger partial charge >= 0.3 is 0 Å². The van der Waals surface area contributed by atoms with Crippen molar-refractivity contribution < 1.29 is 9.13 Å². The number of methoxy groups -OCH3 is 1. The molecule has 5 rings (SSSR count). The molecule has 0 saturated heterocycles. The van der Waals surface area contributed by atoms with E-state index in [2.05, 4.69) is 17.0 Å². The van der Waals surface area contributed by atoms with Crippen LogP contribution in [0.5, 0.6) is 5.75 Å². The molecular formula is C25H26FN3O. The topological polar surface area (TPSA) is 38.3 Å². The molecule has 2 aliphatic rings. The summed E-state index contributed by atoms with van der Waals surface area (Å²) in [5, 5.41) is 0. The number of rotatable bonds is 5. The van der Waals surface area contributed by atoms with Crippen molar-refractivity contribution in [1.82, 2.24) is 14.9 Å². The number of hydrogen-bond acceptors (Lipinski definition) is 4. The molecule has 0 atom stereocenters. The van der Waals surface area contributed by atoms with E-state index in [1.54, 1.807) is 7.11 Å². The Morgan fingerprint density at radius 2 is 1.70 bits per heavy atom. The van der Waals surface area contributed by atoms with Crippen LogP contribution < -0.4 is 4.74 Å². The number of benzene rings is 2. The standard InChI is InChI=1S/C25H26FN3O/c1-30-21-10-6-18(7-11-21)24-22-12-14-29(16-17-2-8-20(26)9-3-17)15-13-23(22)27-25(28-24)19-4-5-19/h2-3,6-11,19H,4-5,12-16H2,1H3. The normalized spacial score (nSPS) is 16.7. The van der Waals surface area contributed by atoms with Crippen molar-refractivity contribution in [1.29, 1.82) is 0 Å². The molecule has 2 aromatic carbocycles. The zero-order valence-corrected chi connectivity index (χ0v) is 17.3. The van der Waals surface area contributed by atoms with Gasteiger partial charge < -0.3 is 4.74 Å². The highest BCUT2D eigenvalue weighted by molar-refractivity contribution is 5.65. The van der Waals surface area contributed by atoms with Gasteiger partial charge in [-0.3, -0.25) is 4.90 Å². The Labute approximate surface area is 176 Å². The lowest BCUT2D eigenvalue weighted by Crippen LogP contribution is -2.25. The maximum absolute atomic E-state index is 13.2. The second kappa shape index (κ2) is 8.15. The maximum Gasteiger partial charge on any atom is 0.132 e. The van der Waals surface area contributed by atoms with E-state index in [-0.39, 0.29) is 5.82 Å². The number of fused-ring (bicyclic) bond motifs is 1. The number of nitrogens with zero attached hydrogens (tertiary/aromatic N) is 3. The molecule has 2 heterocycles. The molecule has 0 amide bonds. The third kappa shape index (κ3) is 4.08. The summed E-state index contributed by atoms with van der Waals surface area (Å²) in [6, 6.07) is 15.0. The van der Waals surface area contributed by atoms with Crippen molar-refractivity contribution in [3.05, 3.63) is 77.0 Å². The van der Waals surface area contributed by atoms with E-state index in [0.29, 0.717) is 5.92 Å². The fraction of sp³-hybridized carbons (Fsp3) is 0.360. The van der Waals surface area contributed by atoms with Crippen molar-refractivity contribution >= 4 is 0 Å². The Morgan fingerprint density at radius 1 is 0.967 bits per heavy atom. The van der Waals surface area contributed by atoms with Crippen molar-refractivity contribution in [2.75, 3.05) is 20.2 Å². The van der Waals surface area contributed by atoms with E-state index in [0.717, 1.165) is 60.9 Å². The lowest BCUT2D eigenvalue weighted by molar-refractivity contribution is 0.279. The van der Waals surface area contributed by atoms with Gasteiger partial charge in [0, 0.05) is 48.8 Å². The van der Waals surface area contributed by atoms with E-state index < -0.39 is 0 Å². The van der Waals surface area contributed by atoms with Gasteiger partial charge in [0.05, 0.1) is 12.8 Å². The third-order valence-corrected chi connectivity index (χ3v) is 6.08. The molecule has 5 heteroatoms. The molecule has 0 radical (unpaired) electrons. The fourth-order valence-corrected chi connectivity index (χ4v) is 4.18. The molecule has 1 aromatic heterocycles. The smallest absolute Gasteiger partial charge is 0.132 e. The highest BCUT2D eigenvalue weighted by Gasteiger charge is 2.29. The predicted octanol–water partition coefficient (Wildman–Crippen LogP) is 4.77. The van der Waals surface area contributed by atoms with Gasteiger partial charge in [-0.05, 0) is 61.2 Å². The van der Waals surface area contributed by atoms with Crippen LogP contribution >= 0.6 is 0 Å². The summed E-state index contributed by atoms with van der Waals surface area (Å²) in [6.07, 6.45) is 4.22. The average Bonchev–Trinajstić information content (AvgIpc) is 3.63. The first-order valence-corrected chi connectivity index (χ1v) is 10.7. The highest BCUT2D eigenvalue weighted by atomic mass is 19.1. The number of halogens is 1. The van der Waals surface area contributed by atoms with Crippen LogP contribution in [0.3, 0.4) is 0 Å².